The number of aliphatic carboxylic acids is 1. The zero-order chi connectivity index (χ0) is 18.4. The van der Waals surface area contributed by atoms with E-state index in [-0.39, 0.29) is 0 Å². The fourth-order valence-electron chi connectivity index (χ4n) is 3.00. The number of hydrogen-bond donors (Lipinski definition) is 1. The molecule has 2 heterocycles. The topological polar surface area (TPSA) is 95.3 Å². The van der Waals surface area contributed by atoms with E-state index in [0.717, 1.165) is 10.9 Å². The van der Waals surface area contributed by atoms with Gasteiger partial charge in [-0.25, -0.2) is 9.59 Å². The number of carbonyl (C=O) groups excluding carboxylic acids is 1. The van der Waals surface area contributed by atoms with Gasteiger partial charge in [0.05, 0.1) is 11.6 Å². The standard InChI is InChI=1S/C18H19N3O4/c1-18(2,3)25-17(24)21-14(15(21)16(22)23)10-20-9-11(8-19)12-6-4-5-7-13(12)20/h4-7,9,14-15H,10H2,1-3H3,(H,22,23)/t14-,15+,21?/m0/s1. The third kappa shape index (κ3) is 3.15. The van der Waals surface area contributed by atoms with Crippen molar-refractivity contribution >= 4 is 23.0 Å². The molecule has 0 unspecified atom stereocenters. The molecule has 2 atom stereocenters. The Labute approximate surface area is 145 Å². The van der Waals surface area contributed by atoms with Crippen molar-refractivity contribution in [3.05, 3.63) is 36.0 Å². The van der Waals surface area contributed by atoms with Crippen LogP contribution in [0.1, 0.15) is 26.3 Å². The molecule has 1 amide bonds. The van der Waals surface area contributed by atoms with E-state index in [4.69, 9.17) is 4.74 Å². The van der Waals surface area contributed by atoms with E-state index in [9.17, 15) is 20.0 Å². The van der Waals surface area contributed by atoms with Gasteiger partial charge in [-0.05, 0) is 26.8 Å². The number of benzene rings is 1. The average molecular weight is 341 g/mol. The highest BCUT2D eigenvalue weighted by Crippen LogP contribution is 2.34. The van der Waals surface area contributed by atoms with E-state index in [1.807, 2.05) is 28.8 Å². The number of carboxylic acids is 1. The monoisotopic (exact) mass is 341 g/mol. The van der Waals surface area contributed by atoms with Gasteiger partial charge >= 0.3 is 12.1 Å². The first-order valence-electron chi connectivity index (χ1n) is 7.95. The Morgan fingerprint density at radius 1 is 1.32 bits per heavy atom. The van der Waals surface area contributed by atoms with Gasteiger partial charge in [0.25, 0.3) is 0 Å². The van der Waals surface area contributed by atoms with Crippen LogP contribution in [0.2, 0.25) is 0 Å². The van der Waals surface area contributed by atoms with Crippen LogP contribution in [0.4, 0.5) is 4.79 Å². The smallest absolute Gasteiger partial charge is 0.411 e. The number of aromatic nitrogens is 1. The number of amides is 1. The average Bonchev–Trinajstić information content (AvgIpc) is 3.13. The van der Waals surface area contributed by atoms with Gasteiger partial charge in [-0.3, -0.25) is 4.90 Å². The molecule has 1 aromatic heterocycles. The summed E-state index contributed by atoms with van der Waals surface area (Å²) in [7, 11) is 0. The molecule has 130 valence electrons. The third-order valence-electron chi connectivity index (χ3n) is 4.08. The molecular formula is C18H19N3O4. The second-order valence-electron chi connectivity index (χ2n) is 7.06. The van der Waals surface area contributed by atoms with E-state index in [1.54, 1.807) is 27.0 Å². The Morgan fingerprint density at radius 3 is 2.60 bits per heavy atom. The van der Waals surface area contributed by atoms with Crippen molar-refractivity contribution in [2.45, 2.75) is 45.0 Å². The molecule has 1 N–H and O–H groups in total. The lowest BCUT2D eigenvalue weighted by Gasteiger charge is -2.20. The van der Waals surface area contributed by atoms with Gasteiger partial charge in [-0.2, -0.15) is 5.26 Å². The zero-order valence-corrected chi connectivity index (χ0v) is 14.3. The molecule has 2 aromatic rings. The van der Waals surface area contributed by atoms with Crippen molar-refractivity contribution in [1.29, 1.82) is 5.26 Å². The highest BCUT2D eigenvalue weighted by Gasteiger charge is 2.57. The molecular weight excluding hydrogens is 322 g/mol. The number of carboxylic acid groups (broad SMARTS) is 1. The summed E-state index contributed by atoms with van der Waals surface area (Å²) in [5.74, 6) is -1.06. The van der Waals surface area contributed by atoms with Gasteiger partial charge < -0.3 is 14.4 Å². The summed E-state index contributed by atoms with van der Waals surface area (Å²) in [4.78, 5) is 24.9. The molecule has 1 aliphatic heterocycles. The van der Waals surface area contributed by atoms with E-state index in [0.29, 0.717) is 12.1 Å². The van der Waals surface area contributed by atoms with Gasteiger partial charge in [0.1, 0.15) is 11.7 Å². The SMILES string of the molecule is CC(C)(C)OC(=O)N1[C@@H](Cn2cc(C#N)c3ccccc32)[C@@H]1C(=O)O. The van der Waals surface area contributed by atoms with Crippen LogP contribution in [0.3, 0.4) is 0 Å². The number of nitrogens with zero attached hydrogens (tertiary/aromatic N) is 3. The van der Waals surface area contributed by atoms with Crippen LogP contribution in [-0.4, -0.2) is 44.3 Å². The van der Waals surface area contributed by atoms with Crippen molar-refractivity contribution < 1.29 is 19.4 Å². The van der Waals surface area contributed by atoms with Crippen molar-refractivity contribution in [3.8, 4) is 6.07 Å². The quantitative estimate of drug-likeness (QED) is 0.866. The summed E-state index contributed by atoms with van der Waals surface area (Å²) in [5.41, 5.74) is 0.660. The highest BCUT2D eigenvalue weighted by atomic mass is 16.6. The van der Waals surface area contributed by atoms with Crippen LogP contribution in [0.5, 0.6) is 0 Å². The fraction of sp³-hybridized carbons (Fsp3) is 0.389. The molecule has 7 nitrogen and oxygen atoms in total. The van der Waals surface area contributed by atoms with E-state index in [2.05, 4.69) is 6.07 Å². The lowest BCUT2D eigenvalue weighted by atomic mass is 10.2. The first-order chi connectivity index (χ1) is 11.7. The number of rotatable bonds is 3. The molecule has 1 fully saturated rings. The zero-order valence-electron chi connectivity index (χ0n) is 14.3. The number of fused-ring (bicyclic) bond motifs is 1. The number of ether oxygens (including phenoxy) is 1. The van der Waals surface area contributed by atoms with E-state index >= 15 is 0 Å². The lowest BCUT2D eigenvalue weighted by Crippen LogP contribution is -2.29. The van der Waals surface area contributed by atoms with Crippen LogP contribution < -0.4 is 0 Å². The number of nitriles is 1. The number of carbonyl (C=O) groups is 2. The first-order valence-corrected chi connectivity index (χ1v) is 7.95. The Balaban J connectivity index is 1.86. The Hall–Kier alpha value is -3.01. The molecule has 7 heteroatoms. The second-order valence-corrected chi connectivity index (χ2v) is 7.06. The minimum atomic E-state index is -1.06. The van der Waals surface area contributed by atoms with Gasteiger partial charge in [0, 0.05) is 23.6 Å². The normalized spacial score (nSPS) is 19.5. The van der Waals surface area contributed by atoms with Crippen molar-refractivity contribution in [2.24, 2.45) is 0 Å². The second kappa shape index (κ2) is 5.81. The predicted molar refractivity (Wildman–Crippen MR) is 89.9 cm³/mol. The van der Waals surface area contributed by atoms with Crippen molar-refractivity contribution in [3.63, 3.8) is 0 Å². The Morgan fingerprint density at radius 2 is 2.00 bits per heavy atom. The van der Waals surface area contributed by atoms with Crippen LogP contribution in [-0.2, 0) is 16.1 Å². The molecule has 0 aliphatic carbocycles. The fourth-order valence-corrected chi connectivity index (χ4v) is 3.00. The molecule has 1 saturated heterocycles. The van der Waals surface area contributed by atoms with Gasteiger partial charge in [-0.15, -0.1) is 0 Å². The highest BCUT2D eigenvalue weighted by molar-refractivity contribution is 5.88. The van der Waals surface area contributed by atoms with Crippen LogP contribution >= 0.6 is 0 Å². The first kappa shape index (κ1) is 16.8. The van der Waals surface area contributed by atoms with Crippen LogP contribution in [0.25, 0.3) is 10.9 Å². The maximum atomic E-state index is 12.2. The van der Waals surface area contributed by atoms with Crippen LogP contribution in [0.15, 0.2) is 30.5 Å². The summed E-state index contributed by atoms with van der Waals surface area (Å²) in [6.45, 7) is 5.49. The lowest BCUT2D eigenvalue weighted by molar-refractivity contribution is -0.137. The largest absolute Gasteiger partial charge is 0.480 e. The van der Waals surface area contributed by atoms with Crippen molar-refractivity contribution in [2.75, 3.05) is 0 Å². The minimum Gasteiger partial charge on any atom is -0.480 e. The Bertz CT molecular complexity index is 888. The molecule has 1 aliphatic rings. The minimum absolute atomic E-state index is 0.290. The predicted octanol–water partition coefficient (Wildman–Crippen LogP) is 2.59. The van der Waals surface area contributed by atoms with E-state index < -0.39 is 29.7 Å². The molecule has 0 spiro atoms. The van der Waals surface area contributed by atoms with Gasteiger partial charge in [-0.1, -0.05) is 18.2 Å². The molecule has 0 bridgehead atoms. The molecule has 3 rings (SSSR count). The van der Waals surface area contributed by atoms with Gasteiger partial charge in [0.2, 0.25) is 0 Å². The summed E-state index contributed by atoms with van der Waals surface area (Å²) < 4.78 is 7.10. The van der Waals surface area contributed by atoms with Crippen LogP contribution in [0, 0.1) is 11.3 Å². The Kier molecular flexibility index (Phi) is 3.91. The molecule has 25 heavy (non-hydrogen) atoms. The summed E-state index contributed by atoms with van der Waals surface area (Å²) in [6.07, 6.45) is 1.05. The maximum absolute atomic E-state index is 12.2. The third-order valence-corrected chi connectivity index (χ3v) is 4.08. The number of hydrogen-bond acceptors (Lipinski definition) is 4. The van der Waals surface area contributed by atoms with Crippen molar-refractivity contribution in [1.82, 2.24) is 9.47 Å². The molecule has 1 aromatic carbocycles. The summed E-state index contributed by atoms with van der Waals surface area (Å²) in [5, 5.41) is 19.4. The summed E-state index contributed by atoms with van der Waals surface area (Å²) in [6, 6.07) is 8.13. The molecule has 0 radical (unpaired) electrons. The maximum Gasteiger partial charge on any atom is 0.411 e. The number of para-hydroxylation sites is 1. The van der Waals surface area contributed by atoms with E-state index in [1.165, 1.54) is 4.90 Å². The van der Waals surface area contributed by atoms with Gasteiger partial charge in [0.15, 0.2) is 6.04 Å². The summed E-state index contributed by atoms with van der Waals surface area (Å²) >= 11 is 0. The molecule has 0 saturated carbocycles.